The molecule has 4 heteroatoms. The Kier molecular flexibility index (Phi) is 18.8. The smallest absolute Gasteiger partial charge is 0.113 e. The van der Waals surface area contributed by atoms with Gasteiger partial charge in [0.1, 0.15) is 10.5 Å². The highest BCUT2D eigenvalue weighted by Gasteiger charge is 2.25. The summed E-state index contributed by atoms with van der Waals surface area (Å²) in [6.07, 6.45) is 12.6. The van der Waals surface area contributed by atoms with Crippen molar-refractivity contribution in [3.63, 3.8) is 0 Å². The molecule has 4 unspecified atom stereocenters. The Morgan fingerprint density at radius 2 is 1.04 bits per heavy atom. The summed E-state index contributed by atoms with van der Waals surface area (Å²) in [5.41, 5.74) is 0. The van der Waals surface area contributed by atoms with Crippen molar-refractivity contribution in [2.24, 2.45) is 0 Å². The van der Waals surface area contributed by atoms with Crippen LogP contribution in [0.15, 0.2) is 0 Å². The first kappa shape index (κ1) is 27.0. The van der Waals surface area contributed by atoms with Gasteiger partial charge in [-0.05, 0) is 75.1 Å². The number of rotatable bonds is 18. The molecular weight excluding hydrogens is 376 g/mol. The first-order chi connectivity index (χ1) is 12.4. The Hall–Kier alpha value is 1.01. The van der Waals surface area contributed by atoms with Gasteiger partial charge in [-0.15, -0.1) is 0 Å². The van der Waals surface area contributed by atoms with E-state index in [2.05, 4.69) is 65.1 Å². The molecule has 0 spiro atoms. The number of thioether (sulfide) groups is 2. The van der Waals surface area contributed by atoms with Crippen molar-refractivity contribution in [3.05, 3.63) is 0 Å². The zero-order valence-electron chi connectivity index (χ0n) is 18.4. The summed E-state index contributed by atoms with van der Waals surface area (Å²) in [6, 6.07) is 0. The van der Waals surface area contributed by atoms with Gasteiger partial charge < -0.3 is 4.55 Å². The Balaban J connectivity index is 3.87. The van der Waals surface area contributed by atoms with Crippen LogP contribution in [-0.4, -0.2) is 37.1 Å². The number of hydrogen-bond acceptors (Lipinski definition) is 3. The fourth-order valence-corrected chi connectivity index (χ4v) is 6.69. The van der Waals surface area contributed by atoms with E-state index >= 15 is 0 Å². The summed E-state index contributed by atoms with van der Waals surface area (Å²) in [5, 5.41) is 2.11. The van der Waals surface area contributed by atoms with Gasteiger partial charge in [0.05, 0.1) is 0 Å². The lowest BCUT2D eigenvalue weighted by Gasteiger charge is -2.25. The third-order valence-corrected chi connectivity index (χ3v) is 9.77. The molecular formula is C22H46OS3. The average Bonchev–Trinajstić information content (AvgIpc) is 2.64. The topological polar surface area (TPSA) is 23.1 Å². The minimum atomic E-state index is -0.678. The molecule has 0 aliphatic rings. The molecule has 0 amide bonds. The highest BCUT2D eigenvalue weighted by molar-refractivity contribution is 8.00. The van der Waals surface area contributed by atoms with Gasteiger partial charge in [0.25, 0.3) is 0 Å². The zero-order valence-corrected chi connectivity index (χ0v) is 20.9. The van der Waals surface area contributed by atoms with Crippen LogP contribution in [0.4, 0.5) is 0 Å². The minimum Gasteiger partial charge on any atom is -0.616 e. The Morgan fingerprint density at radius 1 is 0.654 bits per heavy atom. The van der Waals surface area contributed by atoms with Crippen LogP contribution < -0.4 is 0 Å². The normalized spacial score (nSPS) is 17.7. The third-order valence-electron chi connectivity index (χ3n) is 5.05. The van der Waals surface area contributed by atoms with E-state index in [4.69, 9.17) is 0 Å². The summed E-state index contributed by atoms with van der Waals surface area (Å²) in [4.78, 5) is 0. The van der Waals surface area contributed by atoms with Crippen molar-refractivity contribution in [1.82, 2.24) is 0 Å². The zero-order chi connectivity index (χ0) is 19.8. The fraction of sp³-hybridized carbons (Fsp3) is 1.00. The second-order valence-corrected chi connectivity index (χ2v) is 13.2. The van der Waals surface area contributed by atoms with Crippen LogP contribution in [0.5, 0.6) is 0 Å². The van der Waals surface area contributed by atoms with E-state index < -0.39 is 11.2 Å². The maximum atomic E-state index is 12.8. The van der Waals surface area contributed by atoms with Crippen molar-refractivity contribution in [2.75, 3.05) is 11.5 Å². The Morgan fingerprint density at radius 3 is 1.38 bits per heavy atom. The maximum absolute atomic E-state index is 12.8. The van der Waals surface area contributed by atoms with Crippen LogP contribution in [0.25, 0.3) is 0 Å². The van der Waals surface area contributed by atoms with E-state index in [9.17, 15) is 4.55 Å². The van der Waals surface area contributed by atoms with Gasteiger partial charge in [-0.3, -0.25) is 0 Å². The summed E-state index contributed by atoms with van der Waals surface area (Å²) in [5.74, 6) is 2.58. The van der Waals surface area contributed by atoms with E-state index in [1.54, 1.807) is 0 Å². The van der Waals surface area contributed by atoms with Gasteiger partial charge in [0.15, 0.2) is 0 Å². The SMILES string of the molecule is CCCCCSC(C)CCC(C)[S+]([O-])C(C)CCC(C)SCCCCC. The molecule has 0 bridgehead atoms. The van der Waals surface area contributed by atoms with Crippen molar-refractivity contribution >= 4 is 34.7 Å². The summed E-state index contributed by atoms with van der Waals surface area (Å²) >= 11 is 3.53. The molecule has 0 aromatic heterocycles. The first-order valence-corrected chi connectivity index (χ1v) is 14.4. The fourth-order valence-electron chi connectivity index (χ4n) is 3.01. The van der Waals surface area contributed by atoms with Gasteiger partial charge in [-0.2, -0.15) is 23.5 Å². The lowest BCUT2D eigenvalue weighted by Crippen LogP contribution is -2.29. The monoisotopic (exact) mass is 422 g/mol. The van der Waals surface area contributed by atoms with Crippen molar-refractivity contribution < 1.29 is 4.55 Å². The van der Waals surface area contributed by atoms with Crippen LogP contribution in [-0.2, 0) is 11.2 Å². The molecule has 0 aliphatic heterocycles. The predicted octanol–water partition coefficient (Wildman–Crippen LogP) is 7.70. The Labute approximate surface area is 177 Å². The summed E-state index contributed by atoms with van der Waals surface area (Å²) < 4.78 is 12.8. The molecule has 0 fully saturated rings. The minimum absolute atomic E-state index is 0.344. The lowest BCUT2D eigenvalue weighted by atomic mass is 10.2. The molecule has 0 aromatic rings. The molecule has 0 rings (SSSR count). The van der Waals surface area contributed by atoms with E-state index in [-0.39, 0.29) is 0 Å². The van der Waals surface area contributed by atoms with Gasteiger partial charge in [0.2, 0.25) is 0 Å². The average molecular weight is 423 g/mol. The van der Waals surface area contributed by atoms with Crippen LogP contribution in [0.3, 0.4) is 0 Å². The van der Waals surface area contributed by atoms with E-state index in [1.807, 2.05) is 0 Å². The molecule has 0 radical (unpaired) electrons. The summed E-state index contributed by atoms with van der Waals surface area (Å²) in [6.45, 7) is 13.6. The largest absolute Gasteiger partial charge is 0.616 e. The number of hydrogen-bond donors (Lipinski definition) is 0. The van der Waals surface area contributed by atoms with Gasteiger partial charge >= 0.3 is 0 Å². The molecule has 0 aromatic carbocycles. The van der Waals surface area contributed by atoms with E-state index in [0.29, 0.717) is 21.0 Å². The summed E-state index contributed by atoms with van der Waals surface area (Å²) in [7, 11) is 0. The van der Waals surface area contributed by atoms with Gasteiger partial charge in [-0.25, -0.2) is 0 Å². The van der Waals surface area contributed by atoms with Crippen molar-refractivity contribution in [3.8, 4) is 0 Å². The van der Waals surface area contributed by atoms with Crippen LogP contribution in [0.2, 0.25) is 0 Å². The van der Waals surface area contributed by atoms with Crippen LogP contribution in [0.1, 0.15) is 106 Å². The van der Waals surface area contributed by atoms with E-state index in [1.165, 1.54) is 62.9 Å². The van der Waals surface area contributed by atoms with Gasteiger partial charge in [-0.1, -0.05) is 53.4 Å². The second kappa shape index (κ2) is 18.1. The standard InChI is InChI=1S/C22H46OS3/c1-7-9-11-17-24-19(3)13-15-21(5)26(23)22(6)16-14-20(4)25-18-12-10-8-2/h19-22H,7-18H2,1-6H3. The molecule has 158 valence electrons. The molecule has 0 aliphatic carbocycles. The maximum Gasteiger partial charge on any atom is 0.113 e. The molecule has 0 saturated heterocycles. The lowest BCUT2D eigenvalue weighted by molar-refractivity contribution is 0.550. The highest BCUT2D eigenvalue weighted by atomic mass is 32.2. The molecule has 4 atom stereocenters. The predicted molar refractivity (Wildman–Crippen MR) is 128 cm³/mol. The van der Waals surface area contributed by atoms with Crippen LogP contribution >= 0.6 is 23.5 Å². The third kappa shape index (κ3) is 15.0. The Bertz CT molecular complexity index is 273. The van der Waals surface area contributed by atoms with Crippen molar-refractivity contribution in [2.45, 2.75) is 127 Å². The van der Waals surface area contributed by atoms with Crippen LogP contribution in [0, 0.1) is 0 Å². The molecule has 26 heavy (non-hydrogen) atoms. The second-order valence-electron chi connectivity index (χ2n) is 7.88. The molecule has 0 N–H and O–H groups in total. The molecule has 1 nitrogen and oxygen atoms in total. The van der Waals surface area contributed by atoms with Gasteiger partial charge in [0, 0.05) is 10.5 Å². The quantitative estimate of drug-likeness (QED) is 0.167. The molecule has 0 saturated carbocycles. The van der Waals surface area contributed by atoms with Crippen molar-refractivity contribution in [1.29, 1.82) is 0 Å². The first-order valence-electron chi connectivity index (χ1n) is 11.0. The highest BCUT2D eigenvalue weighted by Crippen LogP contribution is 2.25. The molecule has 0 heterocycles. The number of unbranched alkanes of at least 4 members (excludes halogenated alkanes) is 4. The van der Waals surface area contributed by atoms with E-state index in [0.717, 1.165) is 12.8 Å².